The highest BCUT2D eigenvalue weighted by atomic mass is 35.5. The molecule has 140 valence electrons. The Morgan fingerprint density at radius 3 is 2.43 bits per heavy atom. The quantitative estimate of drug-likeness (QED) is 0.507. The van der Waals surface area contributed by atoms with E-state index in [0.29, 0.717) is 5.02 Å². The molecule has 0 spiro atoms. The first-order valence-electron chi connectivity index (χ1n) is 9.17. The van der Waals surface area contributed by atoms with Gasteiger partial charge in [0, 0.05) is 16.0 Å². The fraction of sp³-hybridized carbons (Fsp3) is 0.130. The Morgan fingerprint density at radius 2 is 1.71 bits per heavy atom. The molecule has 0 aliphatic rings. The average Bonchev–Trinajstić information content (AvgIpc) is 3.06. The van der Waals surface area contributed by atoms with Gasteiger partial charge in [0.25, 0.3) is 0 Å². The summed E-state index contributed by atoms with van der Waals surface area (Å²) in [6, 6.07) is 25.4. The van der Waals surface area contributed by atoms with Crippen molar-refractivity contribution in [3.8, 4) is 11.3 Å². The maximum absolute atomic E-state index is 12.7. The Hall–Kier alpha value is -3.11. The standard InChI is InChI=1S/C23H20ClN3O/c1-16(17-8-4-2-5-9-17)25-22(28)15-27-21-13-12-19(24)14-20(21)23(26-27)18-10-6-3-7-11-18/h2-14,16H,15H2,1H3,(H,25,28). The third-order valence-electron chi connectivity index (χ3n) is 4.73. The summed E-state index contributed by atoms with van der Waals surface area (Å²) in [5.74, 6) is -0.0877. The molecule has 1 aromatic heterocycles. The topological polar surface area (TPSA) is 46.9 Å². The Morgan fingerprint density at radius 1 is 1.04 bits per heavy atom. The second-order valence-corrected chi connectivity index (χ2v) is 7.17. The molecule has 0 aliphatic heterocycles. The predicted octanol–water partition coefficient (Wildman–Crippen LogP) is 5.23. The van der Waals surface area contributed by atoms with Crippen LogP contribution in [0.1, 0.15) is 18.5 Å². The Balaban J connectivity index is 1.63. The highest BCUT2D eigenvalue weighted by Gasteiger charge is 2.16. The van der Waals surface area contributed by atoms with E-state index in [9.17, 15) is 4.79 Å². The van der Waals surface area contributed by atoms with Gasteiger partial charge >= 0.3 is 0 Å². The summed E-state index contributed by atoms with van der Waals surface area (Å²) in [6.07, 6.45) is 0. The normalized spacial score (nSPS) is 12.1. The van der Waals surface area contributed by atoms with E-state index in [4.69, 9.17) is 16.7 Å². The number of benzene rings is 3. The van der Waals surface area contributed by atoms with Gasteiger partial charge in [0.2, 0.25) is 5.91 Å². The summed E-state index contributed by atoms with van der Waals surface area (Å²) >= 11 is 6.21. The molecule has 0 radical (unpaired) electrons. The largest absolute Gasteiger partial charge is 0.348 e. The van der Waals surface area contributed by atoms with Crippen LogP contribution in [0.2, 0.25) is 5.02 Å². The van der Waals surface area contributed by atoms with Gasteiger partial charge in [-0.25, -0.2) is 0 Å². The van der Waals surface area contributed by atoms with E-state index in [2.05, 4.69) is 5.32 Å². The molecule has 1 unspecified atom stereocenters. The third kappa shape index (κ3) is 3.78. The lowest BCUT2D eigenvalue weighted by Crippen LogP contribution is -2.30. The summed E-state index contributed by atoms with van der Waals surface area (Å²) < 4.78 is 1.74. The van der Waals surface area contributed by atoms with E-state index in [1.807, 2.05) is 85.8 Å². The van der Waals surface area contributed by atoms with Gasteiger partial charge in [-0.1, -0.05) is 72.3 Å². The van der Waals surface area contributed by atoms with E-state index < -0.39 is 0 Å². The lowest BCUT2D eigenvalue weighted by molar-refractivity contribution is -0.122. The number of amides is 1. The molecule has 5 heteroatoms. The van der Waals surface area contributed by atoms with Gasteiger partial charge < -0.3 is 5.32 Å². The maximum Gasteiger partial charge on any atom is 0.242 e. The van der Waals surface area contributed by atoms with Crippen molar-refractivity contribution in [2.75, 3.05) is 0 Å². The lowest BCUT2D eigenvalue weighted by Gasteiger charge is -2.14. The van der Waals surface area contributed by atoms with Crippen LogP contribution in [0.3, 0.4) is 0 Å². The second kappa shape index (κ2) is 7.87. The summed E-state index contributed by atoms with van der Waals surface area (Å²) in [5.41, 5.74) is 3.76. The van der Waals surface area contributed by atoms with E-state index in [1.54, 1.807) is 4.68 Å². The first-order chi connectivity index (χ1) is 13.6. The summed E-state index contributed by atoms with van der Waals surface area (Å²) in [4.78, 5) is 12.7. The van der Waals surface area contributed by atoms with Crippen molar-refractivity contribution in [2.45, 2.75) is 19.5 Å². The van der Waals surface area contributed by atoms with Crippen molar-refractivity contribution >= 4 is 28.4 Å². The van der Waals surface area contributed by atoms with Gasteiger partial charge in [-0.3, -0.25) is 9.48 Å². The number of hydrogen-bond donors (Lipinski definition) is 1. The molecule has 0 aliphatic carbocycles. The van der Waals surface area contributed by atoms with E-state index in [1.165, 1.54) is 0 Å². The summed E-state index contributed by atoms with van der Waals surface area (Å²) in [5, 5.41) is 9.34. The van der Waals surface area contributed by atoms with Crippen LogP contribution < -0.4 is 5.32 Å². The van der Waals surface area contributed by atoms with Gasteiger partial charge in [0.05, 0.1) is 11.6 Å². The van der Waals surface area contributed by atoms with Crippen molar-refractivity contribution in [1.82, 2.24) is 15.1 Å². The van der Waals surface area contributed by atoms with Crippen molar-refractivity contribution in [3.63, 3.8) is 0 Å². The fourth-order valence-electron chi connectivity index (χ4n) is 3.33. The SMILES string of the molecule is CC(NC(=O)Cn1nc(-c2ccccc2)c2cc(Cl)ccc21)c1ccccc1. The molecule has 4 aromatic rings. The number of hydrogen-bond acceptors (Lipinski definition) is 2. The molecule has 0 fully saturated rings. The molecule has 1 N–H and O–H groups in total. The number of fused-ring (bicyclic) bond motifs is 1. The molecule has 3 aromatic carbocycles. The number of carbonyl (C=O) groups is 1. The van der Waals surface area contributed by atoms with Crippen LogP contribution in [0.5, 0.6) is 0 Å². The molecule has 0 saturated heterocycles. The van der Waals surface area contributed by atoms with E-state index >= 15 is 0 Å². The predicted molar refractivity (Wildman–Crippen MR) is 113 cm³/mol. The Bertz CT molecular complexity index is 1110. The Labute approximate surface area is 168 Å². The molecule has 4 nitrogen and oxygen atoms in total. The number of nitrogens with zero attached hydrogens (tertiary/aromatic N) is 2. The van der Waals surface area contributed by atoms with Crippen molar-refractivity contribution in [1.29, 1.82) is 0 Å². The van der Waals surface area contributed by atoms with Crippen LogP contribution >= 0.6 is 11.6 Å². The number of aromatic nitrogens is 2. The average molecular weight is 390 g/mol. The molecule has 28 heavy (non-hydrogen) atoms. The molecule has 1 atom stereocenters. The third-order valence-corrected chi connectivity index (χ3v) is 4.97. The first kappa shape index (κ1) is 18.3. The number of rotatable bonds is 5. The zero-order valence-corrected chi connectivity index (χ0v) is 16.2. The summed E-state index contributed by atoms with van der Waals surface area (Å²) in [7, 11) is 0. The first-order valence-corrected chi connectivity index (χ1v) is 9.55. The smallest absolute Gasteiger partial charge is 0.242 e. The lowest BCUT2D eigenvalue weighted by atomic mass is 10.1. The monoisotopic (exact) mass is 389 g/mol. The molecule has 0 bridgehead atoms. The fourth-order valence-corrected chi connectivity index (χ4v) is 3.50. The zero-order valence-electron chi connectivity index (χ0n) is 15.5. The molecule has 0 saturated carbocycles. The van der Waals surface area contributed by atoms with Gasteiger partial charge in [-0.05, 0) is 30.7 Å². The Kier molecular flexibility index (Phi) is 5.13. The molecule has 4 rings (SSSR count). The second-order valence-electron chi connectivity index (χ2n) is 6.73. The highest BCUT2D eigenvalue weighted by Crippen LogP contribution is 2.30. The van der Waals surface area contributed by atoms with E-state index in [-0.39, 0.29) is 18.5 Å². The van der Waals surface area contributed by atoms with Crippen LogP contribution in [0, 0.1) is 0 Å². The highest BCUT2D eigenvalue weighted by molar-refractivity contribution is 6.31. The molecular formula is C23H20ClN3O. The minimum atomic E-state index is -0.0877. The summed E-state index contributed by atoms with van der Waals surface area (Å²) in [6.45, 7) is 2.12. The van der Waals surface area contributed by atoms with Crippen molar-refractivity contribution in [3.05, 3.63) is 89.4 Å². The zero-order chi connectivity index (χ0) is 19.5. The minimum Gasteiger partial charge on any atom is -0.348 e. The van der Waals surface area contributed by atoms with Gasteiger partial charge in [-0.2, -0.15) is 5.10 Å². The molecule has 1 heterocycles. The maximum atomic E-state index is 12.7. The van der Waals surface area contributed by atoms with Gasteiger partial charge in [-0.15, -0.1) is 0 Å². The van der Waals surface area contributed by atoms with Crippen LogP contribution in [-0.4, -0.2) is 15.7 Å². The van der Waals surface area contributed by atoms with Crippen LogP contribution in [0.25, 0.3) is 22.2 Å². The van der Waals surface area contributed by atoms with E-state index in [0.717, 1.165) is 27.7 Å². The van der Waals surface area contributed by atoms with Gasteiger partial charge in [0.1, 0.15) is 12.2 Å². The molecule has 1 amide bonds. The number of carbonyl (C=O) groups excluding carboxylic acids is 1. The minimum absolute atomic E-state index is 0.0708. The van der Waals surface area contributed by atoms with Crippen LogP contribution in [0.15, 0.2) is 78.9 Å². The number of halogens is 1. The molecular weight excluding hydrogens is 370 g/mol. The van der Waals surface area contributed by atoms with Gasteiger partial charge in [0.15, 0.2) is 0 Å². The van der Waals surface area contributed by atoms with Crippen molar-refractivity contribution < 1.29 is 4.79 Å². The van der Waals surface area contributed by atoms with Crippen LogP contribution in [-0.2, 0) is 11.3 Å². The van der Waals surface area contributed by atoms with Crippen LogP contribution in [0.4, 0.5) is 0 Å². The van der Waals surface area contributed by atoms with Crippen molar-refractivity contribution in [2.24, 2.45) is 0 Å². The number of nitrogens with one attached hydrogen (secondary N) is 1.